The minimum Gasteiger partial charge on any atom is -0.299 e. The van der Waals surface area contributed by atoms with Gasteiger partial charge in [-0.3, -0.25) is 9.69 Å². The third kappa shape index (κ3) is 2.27. The average Bonchev–Trinajstić information content (AvgIpc) is 2.84. The molecule has 1 aliphatic heterocycles. The van der Waals surface area contributed by atoms with Gasteiger partial charge < -0.3 is 0 Å². The summed E-state index contributed by atoms with van der Waals surface area (Å²) in [6.07, 6.45) is 0.826. The molecule has 1 aliphatic rings. The van der Waals surface area contributed by atoms with Crippen LogP contribution < -0.4 is 4.90 Å². The number of rotatable bonds is 1. The molecule has 19 heavy (non-hydrogen) atoms. The van der Waals surface area contributed by atoms with Crippen LogP contribution in [-0.4, -0.2) is 26.7 Å². The first kappa shape index (κ1) is 12.7. The van der Waals surface area contributed by atoms with Crippen LogP contribution >= 0.6 is 22.6 Å². The molecule has 2 heterocycles. The first-order chi connectivity index (χ1) is 9.16. The number of aryl methyl sites for hydroxylation is 1. The molecule has 0 saturated carbocycles. The lowest BCUT2D eigenvalue weighted by Crippen LogP contribution is -2.31. The summed E-state index contributed by atoms with van der Waals surface area (Å²) >= 11 is 2.21. The van der Waals surface area contributed by atoms with Crippen molar-refractivity contribution < 1.29 is 4.79 Å². The Morgan fingerprint density at radius 2 is 2.05 bits per heavy atom. The fourth-order valence-corrected chi connectivity index (χ4v) is 2.97. The number of hydrogen-bond acceptors (Lipinski definition) is 2. The SMILES string of the molecule is CN1C(=O)C(I)CCn2nc(-c3ccccc3)cc21. The van der Waals surface area contributed by atoms with Gasteiger partial charge >= 0.3 is 0 Å². The minimum absolute atomic E-state index is 0.0319. The summed E-state index contributed by atoms with van der Waals surface area (Å²) in [5.41, 5.74) is 2.00. The Morgan fingerprint density at radius 1 is 1.32 bits per heavy atom. The molecule has 0 fully saturated rings. The summed E-state index contributed by atoms with van der Waals surface area (Å²) < 4.78 is 1.96. The van der Waals surface area contributed by atoms with Gasteiger partial charge in [0.15, 0.2) is 0 Å². The summed E-state index contributed by atoms with van der Waals surface area (Å²) in [5, 5.41) is 4.62. The van der Waals surface area contributed by atoms with Crippen LogP contribution in [0.3, 0.4) is 0 Å². The molecule has 5 heteroatoms. The van der Waals surface area contributed by atoms with E-state index in [9.17, 15) is 4.79 Å². The minimum atomic E-state index is 0.0319. The van der Waals surface area contributed by atoms with E-state index in [4.69, 9.17) is 0 Å². The van der Waals surface area contributed by atoms with Gasteiger partial charge in [-0.25, -0.2) is 4.68 Å². The molecule has 0 saturated heterocycles. The molecule has 98 valence electrons. The molecule has 4 nitrogen and oxygen atoms in total. The number of carbonyl (C=O) groups excluding carboxylic acids is 1. The van der Waals surface area contributed by atoms with E-state index in [0.717, 1.165) is 30.0 Å². The van der Waals surface area contributed by atoms with Gasteiger partial charge in [-0.2, -0.15) is 5.10 Å². The van der Waals surface area contributed by atoms with Crippen LogP contribution in [0, 0.1) is 0 Å². The van der Waals surface area contributed by atoms with Gasteiger partial charge in [0.05, 0.1) is 9.62 Å². The van der Waals surface area contributed by atoms with Gasteiger partial charge in [0, 0.05) is 25.2 Å². The van der Waals surface area contributed by atoms with Crippen LogP contribution in [0.4, 0.5) is 5.82 Å². The van der Waals surface area contributed by atoms with Gasteiger partial charge in [-0.15, -0.1) is 0 Å². The molecule has 1 atom stereocenters. The number of amides is 1. The maximum Gasteiger partial charge on any atom is 0.240 e. The van der Waals surface area contributed by atoms with E-state index >= 15 is 0 Å². The molecule has 3 rings (SSSR count). The van der Waals surface area contributed by atoms with Crippen LogP contribution in [0.2, 0.25) is 0 Å². The van der Waals surface area contributed by atoms with E-state index in [-0.39, 0.29) is 9.83 Å². The summed E-state index contributed by atoms with van der Waals surface area (Å²) in [6.45, 7) is 0.784. The molecule has 2 aromatic rings. The fourth-order valence-electron chi connectivity index (χ4n) is 2.27. The van der Waals surface area contributed by atoms with Crippen molar-refractivity contribution in [2.45, 2.75) is 16.9 Å². The smallest absolute Gasteiger partial charge is 0.240 e. The average molecular weight is 367 g/mol. The predicted octanol–water partition coefficient (Wildman–Crippen LogP) is 2.72. The van der Waals surface area contributed by atoms with E-state index in [2.05, 4.69) is 27.7 Å². The van der Waals surface area contributed by atoms with Gasteiger partial charge in [0.25, 0.3) is 0 Å². The summed E-state index contributed by atoms with van der Waals surface area (Å²) in [7, 11) is 1.82. The fraction of sp³-hybridized carbons (Fsp3) is 0.286. The number of alkyl halides is 1. The molecular weight excluding hydrogens is 353 g/mol. The Kier molecular flexibility index (Phi) is 3.30. The monoisotopic (exact) mass is 367 g/mol. The molecule has 1 aromatic carbocycles. The van der Waals surface area contributed by atoms with E-state index < -0.39 is 0 Å². The van der Waals surface area contributed by atoms with Gasteiger partial charge in [-0.1, -0.05) is 52.9 Å². The molecule has 1 unspecified atom stereocenters. The van der Waals surface area contributed by atoms with Crippen molar-refractivity contribution in [3.05, 3.63) is 36.4 Å². The van der Waals surface area contributed by atoms with Gasteiger partial charge in [0.2, 0.25) is 5.91 Å². The zero-order chi connectivity index (χ0) is 13.4. The lowest BCUT2D eigenvalue weighted by molar-refractivity contribution is -0.117. The van der Waals surface area contributed by atoms with Crippen molar-refractivity contribution in [1.29, 1.82) is 0 Å². The number of hydrogen-bond donors (Lipinski definition) is 0. The Hall–Kier alpha value is -1.37. The van der Waals surface area contributed by atoms with Crippen molar-refractivity contribution in [2.75, 3.05) is 11.9 Å². The summed E-state index contributed by atoms with van der Waals surface area (Å²) in [6, 6.07) is 12.0. The Bertz CT molecular complexity index is 608. The van der Waals surface area contributed by atoms with E-state index in [1.165, 1.54) is 0 Å². The van der Waals surface area contributed by atoms with E-state index in [1.807, 2.05) is 48.1 Å². The molecule has 0 spiro atoms. The molecule has 1 aromatic heterocycles. The lowest BCUT2D eigenvalue weighted by Gasteiger charge is -2.15. The zero-order valence-corrected chi connectivity index (χ0v) is 12.7. The van der Waals surface area contributed by atoms with Crippen molar-refractivity contribution >= 4 is 34.3 Å². The molecule has 0 N–H and O–H groups in total. The molecular formula is C14H14IN3O. The van der Waals surface area contributed by atoms with Crippen LogP contribution in [-0.2, 0) is 11.3 Å². The maximum atomic E-state index is 12.1. The number of benzene rings is 1. The van der Waals surface area contributed by atoms with Crippen LogP contribution in [0.5, 0.6) is 0 Å². The highest BCUT2D eigenvalue weighted by atomic mass is 127. The largest absolute Gasteiger partial charge is 0.299 e. The van der Waals surface area contributed by atoms with Crippen molar-refractivity contribution in [3.8, 4) is 11.3 Å². The maximum absolute atomic E-state index is 12.1. The van der Waals surface area contributed by atoms with Crippen LogP contribution in [0.25, 0.3) is 11.3 Å². The van der Waals surface area contributed by atoms with Crippen molar-refractivity contribution in [3.63, 3.8) is 0 Å². The Morgan fingerprint density at radius 3 is 2.79 bits per heavy atom. The quantitative estimate of drug-likeness (QED) is 0.574. The number of halogens is 1. The molecule has 0 bridgehead atoms. The van der Waals surface area contributed by atoms with Gasteiger partial charge in [0.1, 0.15) is 5.82 Å². The van der Waals surface area contributed by atoms with Crippen LogP contribution in [0.15, 0.2) is 36.4 Å². The normalized spacial score (nSPS) is 19.2. The highest BCUT2D eigenvalue weighted by Gasteiger charge is 2.27. The second-order valence-electron chi connectivity index (χ2n) is 4.63. The number of anilines is 1. The molecule has 1 amide bonds. The highest BCUT2D eigenvalue weighted by Crippen LogP contribution is 2.28. The van der Waals surface area contributed by atoms with E-state index in [0.29, 0.717) is 0 Å². The van der Waals surface area contributed by atoms with Gasteiger partial charge in [-0.05, 0) is 6.42 Å². The lowest BCUT2D eigenvalue weighted by atomic mass is 10.1. The molecule has 0 aliphatic carbocycles. The number of fused-ring (bicyclic) bond motifs is 1. The third-order valence-corrected chi connectivity index (χ3v) is 4.52. The highest BCUT2D eigenvalue weighted by molar-refractivity contribution is 14.1. The first-order valence-corrected chi connectivity index (χ1v) is 7.46. The number of nitrogens with zero attached hydrogens (tertiary/aromatic N) is 3. The van der Waals surface area contributed by atoms with Crippen LogP contribution in [0.1, 0.15) is 6.42 Å². The first-order valence-electron chi connectivity index (χ1n) is 6.22. The van der Waals surface area contributed by atoms with E-state index in [1.54, 1.807) is 4.90 Å². The Labute approximate surface area is 125 Å². The standard InChI is InChI=1S/C14H14IN3O/c1-17-13-9-12(10-5-3-2-4-6-10)16-18(13)8-7-11(15)14(17)19/h2-6,9,11H,7-8H2,1H3. The summed E-state index contributed by atoms with van der Waals surface area (Å²) in [4.78, 5) is 13.8. The third-order valence-electron chi connectivity index (χ3n) is 3.36. The van der Waals surface area contributed by atoms with Crippen molar-refractivity contribution in [2.24, 2.45) is 0 Å². The number of aromatic nitrogens is 2. The second kappa shape index (κ2) is 4.96. The Balaban J connectivity index is 2.03. The molecule has 0 radical (unpaired) electrons. The predicted molar refractivity (Wildman–Crippen MR) is 83.5 cm³/mol. The number of carbonyl (C=O) groups is 1. The van der Waals surface area contributed by atoms with Crippen molar-refractivity contribution in [1.82, 2.24) is 9.78 Å². The zero-order valence-electron chi connectivity index (χ0n) is 10.6. The topological polar surface area (TPSA) is 38.1 Å². The summed E-state index contributed by atoms with van der Waals surface area (Å²) in [5.74, 6) is 1.03. The second-order valence-corrected chi connectivity index (χ2v) is 6.13.